The van der Waals surface area contributed by atoms with Crippen molar-refractivity contribution in [3.8, 4) is 0 Å². The van der Waals surface area contributed by atoms with Gasteiger partial charge in [0, 0.05) is 17.3 Å². The van der Waals surface area contributed by atoms with E-state index in [4.69, 9.17) is 0 Å². The Morgan fingerprint density at radius 3 is 2.17 bits per heavy atom. The van der Waals surface area contributed by atoms with Crippen molar-refractivity contribution >= 4 is 33.4 Å². The minimum Gasteiger partial charge on any atom is -0.323 e. The van der Waals surface area contributed by atoms with Crippen LogP contribution in [0.15, 0.2) is 77.7 Å². The summed E-state index contributed by atoms with van der Waals surface area (Å²) in [5.41, 5.74) is 2.91. The van der Waals surface area contributed by atoms with Gasteiger partial charge in [-0.2, -0.15) is 0 Å². The van der Waals surface area contributed by atoms with Crippen LogP contribution < -0.4 is 10.0 Å². The van der Waals surface area contributed by atoms with Crippen molar-refractivity contribution in [3.63, 3.8) is 0 Å². The number of anilines is 2. The van der Waals surface area contributed by atoms with Crippen LogP contribution in [-0.4, -0.2) is 14.3 Å². The molecule has 3 aromatic rings. The number of rotatable bonds is 6. The molecule has 0 aromatic heterocycles. The predicted molar refractivity (Wildman–Crippen MR) is 117 cm³/mol. The number of sulfonamides is 1. The lowest BCUT2D eigenvalue weighted by molar-refractivity contribution is -0.111. The van der Waals surface area contributed by atoms with E-state index in [1.54, 1.807) is 18.2 Å². The van der Waals surface area contributed by atoms with E-state index in [9.17, 15) is 17.6 Å². The first kappa shape index (κ1) is 21.3. The van der Waals surface area contributed by atoms with Gasteiger partial charge in [0.15, 0.2) is 0 Å². The van der Waals surface area contributed by atoms with Crippen molar-refractivity contribution in [1.29, 1.82) is 0 Å². The van der Waals surface area contributed by atoms with E-state index >= 15 is 0 Å². The number of hydrogen-bond acceptors (Lipinski definition) is 3. The summed E-state index contributed by atoms with van der Waals surface area (Å²) >= 11 is 0. The van der Waals surface area contributed by atoms with Crippen LogP contribution in [0.3, 0.4) is 0 Å². The van der Waals surface area contributed by atoms with Gasteiger partial charge in [0.2, 0.25) is 5.91 Å². The molecule has 0 aliphatic carbocycles. The predicted octanol–water partition coefficient (Wildman–Crippen LogP) is 4.90. The van der Waals surface area contributed by atoms with Crippen LogP contribution in [0.2, 0.25) is 0 Å². The highest BCUT2D eigenvalue weighted by Gasteiger charge is 2.16. The Hall–Kier alpha value is -3.45. The standard InChI is InChI=1S/C23H21FN2O3S/c1-16-6-5-7-17(2)23(16)26-30(28,29)20-13-11-19(12-14-20)25-22(27)15-10-18-8-3-4-9-21(18)24/h3-15,26H,1-2H3,(H,25,27). The quantitative estimate of drug-likeness (QED) is 0.553. The highest BCUT2D eigenvalue weighted by atomic mass is 32.2. The summed E-state index contributed by atoms with van der Waals surface area (Å²) in [6, 6.07) is 17.4. The van der Waals surface area contributed by atoms with Crippen LogP contribution in [0.4, 0.5) is 15.8 Å². The number of carbonyl (C=O) groups excluding carboxylic acids is 1. The zero-order valence-electron chi connectivity index (χ0n) is 16.5. The fourth-order valence-electron chi connectivity index (χ4n) is 2.85. The molecule has 0 fully saturated rings. The number of amides is 1. The molecule has 0 aliphatic rings. The smallest absolute Gasteiger partial charge is 0.261 e. The molecule has 5 nitrogen and oxygen atoms in total. The molecular formula is C23H21FN2O3S. The molecule has 0 atom stereocenters. The molecule has 0 heterocycles. The molecule has 0 aliphatic heterocycles. The Kier molecular flexibility index (Phi) is 6.32. The fraction of sp³-hybridized carbons (Fsp3) is 0.0870. The summed E-state index contributed by atoms with van der Waals surface area (Å²) in [6.07, 6.45) is 2.59. The molecule has 154 valence electrons. The maximum atomic E-state index is 13.6. The zero-order chi connectivity index (χ0) is 21.7. The van der Waals surface area contributed by atoms with Gasteiger partial charge < -0.3 is 5.32 Å². The van der Waals surface area contributed by atoms with Crippen molar-refractivity contribution in [2.24, 2.45) is 0 Å². The molecule has 0 saturated heterocycles. The number of benzene rings is 3. The molecule has 3 aromatic carbocycles. The monoisotopic (exact) mass is 424 g/mol. The van der Waals surface area contributed by atoms with Crippen molar-refractivity contribution in [1.82, 2.24) is 0 Å². The van der Waals surface area contributed by atoms with Crippen molar-refractivity contribution < 1.29 is 17.6 Å². The van der Waals surface area contributed by atoms with Gasteiger partial charge in [-0.15, -0.1) is 0 Å². The lowest BCUT2D eigenvalue weighted by atomic mass is 10.1. The Bertz CT molecular complexity index is 1180. The lowest BCUT2D eigenvalue weighted by Crippen LogP contribution is -2.15. The highest BCUT2D eigenvalue weighted by molar-refractivity contribution is 7.92. The third-order valence-corrected chi connectivity index (χ3v) is 5.83. The highest BCUT2D eigenvalue weighted by Crippen LogP contribution is 2.24. The Morgan fingerprint density at radius 1 is 0.900 bits per heavy atom. The Balaban J connectivity index is 1.70. The normalized spacial score (nSPS) is 11.4. The molecule has 1 amide bonds. The summed E-state index contributed by atoms with van der Waals surface area (Å²) in [7, 11) is -3.77. The molecule has 2 N–H and O–H groups in total. The zero-order valence-corrected chi connectivity index (χ0v) is 17.3. The molecular weight excluding hydrogens is 403 g/mol. The Morgan fingerprint density at radius 2 is 1.53 bits per heavy atom. The third kappa shape index (κ3) is 5.12. The number of halogens is 1. The van der Waals surface area contributed by atoms with Gasteiger partial charge >= 0.3 is 0 Å². The van der Waals surface area contributed by atoms with Crippen LogP contribution in [0.5, 0.6) is 0 Å². The molecule has 3 rings (SSSR count). The van der Waals surface area contributed by atoms with E-state index in [0.717, 1.165) is 11.1 Å². The van der Waals surface area contributed by atoms with Crippen LogP contribution in [0, 0.1) is 19.7 Å². The van der Waals surface area contributed by atoms with Gasteiger partial charge in [0.1, 0.15) is 5.82 Å². The fourth-order valence-corrected chi connectivity index (χ4v) is 4.05. The molecule has 30 heavy (non-hydrogen) atoms. The molecule has 0 unspecified atom stereocenters. The van der Waals surface area contributed by atoms with E-state index in [1.807, 2.05) is 32.0 Å². The van der Waals surface area contributed by atoms with Crippen LogP contribution in [-0.2, 0) is 14.8 Å². The lowest BCUT2D eigenvalue weighted by Gasteiger charge is -2.13. The summed E-state index contributed by atoms with van der Waals surface area (Å²) in [5, 5.41) is 2.61. The number of nitrogens with one attached hydrogen (secondary N) is 2. The van der Waals surface area contributed by atoms with E-state index in [2.05, 4.69) is 10.0 Å². The number of aryl methyl sites for hydroxylation is 2. The average Bonchev–Trinajstić information content (AvgIpc) is 2.71. The van der Waals surface area contributed by atoms with Gasteiger partial charge in [-0.1, -0.05) is 36.4 Å². The van der Waals surface area contributed by atoms with Gasteiger partial charge in [-0.25, -0.2) is 12.8 Å². The largest absolute Gasteiger partial charge is 0.323 e. The minimum absolute atomic E-state index is 0.0741. The topological polar surface area (TPSA) is 75.3 Å². The number of para-hydroxylation sites is 1. The molecule has 0 spiro atoms. The first-order chi connectivity index (χ1) is 14.3. The van der Waals surface area contributed by atoms with Crippen molar-refractivity contribution in [3.05, 3.63) is 95.3 Å². The molecule has 0 bridgehead atoms. The Labute approximate surface area is 175 Å². The second-order valence-corrected chi connectivity index (χ2v) is 8.42. The van der Waals surface area contributed by atoms with Gasteiger partial charge in [0.05, 0.1) is 10.6 Å². The maximum Gasteiger partial charge on any atom is 0.261 e. The summed E-state index contributed by atoms with van der Waals surface area (Å²) in [5.74, 6) is -0.880. The summed E-state index contributed by atoms with van der Waals surface area (Å²) in [6.45, 7) is 3.66. The molecule has 0 radical (unpaired) electrons. The summed E-state index contributed by atoms with van der Waals surface area (Å²) in [4.78, 5) is 12.1. The number of hydrogen-bond donors (Lipinski definition) is 2. The first-order valence-electron chi connectivity index (χ1n) is 9.19. The van der Waals surface area contributed by atoms with Gasteiger partial charge in [-0.05, 0) is 61.4 Å². The first-order valence-corrected chi connectivity index (χ1v) is 10.7. The van der Waals surface area contributed by atoms with E-state index < -0.39 is 21.7 Å². The van der Waals surface area contributed by atoms with Crippen LogP contribution in [0.25, 0.3) is 6.08 Å². The van der Waals surface area contributed by atoms with Gasteiger partial charge in [0.25, 0.3) is 10.0 Å². The molecule has 0 saturated carbocycles. The van der Waals surface area contributed by atoms with Crippen molar-refractivity contribution in [2.75, 3.05) is 10.0 Å². The second kappa shape index (κ2) is 8.92. The van der Waals surface area contributed by atoms with Crippen LogP contribution in [0.1, 0.15) is 16.7 Å². The van der Waals surface area contributed by atoms with E-state index in [0.29, 0.717) is 16.9 Å². The van der Waals surface area contributed by atoms with Gasteiger partial charge in [-0.3, -0.25) is 9.52 Å². The van der Waals surface area contributed by atoms with E-state index in [1.165, 1.54) is 42.5 Å². The molecule has 7 heteroatoms. The third-order valence-electron chi connectivity index (χ3n) is 4.47. The van der Waals surface area contributed by atoms with Crippen molar-refractivity contribution in [2.45, 2.75) is 18.7 Å². The minimum atomic E-state index is -3.77. The summed E-state index contributed by atoms with van der Waals surface area (Å²) < 4.78 is 41.6. The second-order valence-electron chi connectivity index (χ2n) is 6.74. The SMILES string of the molecule is Cc1cccc(C)c1NS(=O)(=O)c1ccc(NC(=O)C=Cc2ccccc2F)cc1. The average molecular weight is 424 g/mol. The maximum absolute atomic E-state index is 13.6. The number of carbonyl (C=O) groups is 1. The van der Waals surface area contributed by atoms with E-state index in [-0.39, 0.29) is 4.90 Å². The van der Waals surface area contributed by atoms with Crippen LogP contribution >= 0.6 is 0 Å².